The van der Waals surface area contributed by atoms with Crippen molar-refractivity contribution in [1.82, 2.24) is 9.88 Å². The molecular weight excluding hydrogens is 316 g/mol. The standard InChI is InChI=1S/C16H17BrN2O/c1-12(16-7-4-10-20-16)18-8-9-19-11-14(17)13-5-2-3-6-15(13)19/h2-7,10-12,18H,8-9H2,1H3. The number of halogens is 1. The van der Waals surface area contributed by atoms with Crippen LogP contribution >= 0.6 is 15.9 Å². The molecule has 1 unspecified atom stereocenters. The van der Waals surface area contributed by atoms with E-state index in [1.54, 1.807) is 6.26 Å². The lowest BCUT2D eigenvalue weighted by molar-refractivity contribution is 0.424. The maximum atomic E-state index is 5.40. The number of benzene rings is 1. The largest absolute Gasteiger partial charge is 0.468 e. The van der Waals surface area contributed by atoms with Gasteiger partial charge in [0.25, 0.3) is 0 Å². The Kier molecular flexibility index (Phi) is 3.94. The number of nitrogens with zero attached hydrogens (tertiary/aromatic N) is 1. The monoisotopic (exact) mass is 332 g/mol. The van der Waals surface area contributed by atoms with Crippen LogP contribution in [0.25, 0.3) is 10.9 Å². The van der Waals surface area contributed by atoms with Gasteiger partial charge in [0, 0.05) is 34.7 Å². The molecule has 0 spiro atoms. The first-order valence-electron chi connectivity index (χ1n) is 6.76. The molecular formula is C16H17BrN2O. The fraction of sp³-hybridized carbons (Fsp3) is 0.250. The SMILES string of the molecule is CC(NCCn1cc(Br)c2ccccc21)c1ccco1. The van der Waals surface area contributed by atoms with Crippen LogP contribution in [0.4, 0.5) is 0 Å². The third-order valence-corrected chi connectivity index (χ3v) is 4.15. The summed E-state index contributed by atoms with van der Waals surface area (Å²) in [5, 5.41) is 4.73. The Labute approximate surface area is 126 Å². The summed E-state index contributed by atoms with van der Waals surface area (Å²) in [5.41, 5.74) is 1.26. The van der Waals surface area contributed by atoms with E-state index in [1.807, 2.05) is 12.1 Å². The van der Waals surface area contributed by atoms with Gasteiger partial charge in [-0.25, -0.2) is 0 Å². The van der Waals surface area contributed by atoms with Crippen molar-refractivity contribution in [3.05, 3.63) is 59.1 Å². The van der Waals surface area contributed by atoms with Gasteiger partial charge in [-0.05, 0) is 41.1 Å². The highest BCUT2D eigenvalue weighted by Crippen LogP contribution is 2.25. The maximum Gasteiger partial charge on any atom is 0.120 e. The topological polar surface area (TPSA) is 30.1 Å². The van der Waals surface area contributed by atoms with E-state index in [-0.39, 0.29) is 6.04 Å². The fourth-order valence-electron chi connectivity index (χ4n) is 2.43. The maximum absolute atomic E-state index is 5.40. The number of furan rings is 1. The van der Waals surface area contributed by atoms with E-state index < -0.39 is 0 Å². The first kappa shape index (κ1) is 13.5. The first-order chi connectivity index (χ1) is 9.75. The van der Waals surface area contributed by atoms with Crippen molar-refractivity contribution in [3.8, 4) is 0 Å². The molecule has 3 nitrogen and oxygen atoms in total. The van der Waals surface area contributed by atoms with Crippen molar-refractivity contribution in [2.45, 2.75) is 19.5 Å². The molecule has 3 rings (SSSR count). The lowest BCUT2D eigenvalue weighted by atomic mass is 10.2. The summed E-state index contributed by atoms with van der Waals surface area (Å²) in [4.78, 5) is 0. The van der Waals surface area contributed by atoms with Gasteiger partial charge in [-0.2, -0.15) is 0 Å². The summed E-state index contributed by atoms with van der Waals surface area (Å²) in [6.45, 7) is 3.94. The highest BCUT2D eigenvalue weighted by atomic mass is 79.9. The van der Waals surface area contributed by atoms with Crippen LogP contribution in [-0.2, 0) is 6.54 Å². The van der Waals surface area contributed by atoms with Crippen molar-refractivity contribution in [1.29, 1.82) is 0 Å². The predicted molar refractivity (Wildman–Crippen MR) is 84.8 cm³/mol. The minimum Gasteiger partial charge on any atom is -0.468 e. The minimum absolute atomic E-state index is 0.232. The molecule has 104 valence electrons. The number of rotatable bonds is 5. The molecule has 0 aliphatic heterocycles. The molecule has 3 aromatic rings. The molecule has 0 amide bonds. The zero-order chi connectivity index (χ0) is 13.9. The van der Waals surface area contributed by atoms with E-state index >= 15 is 0 Å². The van der Waals surface area contributed by atoms with Gasteiger partial charge < -0.3 is 14.3 Å². The van der Waals surface area contributed by atoms with Crippen LogP contribution in [-0.4, -0.2) is 11.1 Å². The van der Waals surface area contributed by atoms with Crippen LogP contribution in [0.5, 0.6) is 0 Å². The molecule has 0 saturated heterocycles. The summed E-state index contributed by atoms with van der Waals surface area (Å²) >= 11 is 3.61. The van der Waals surface area contributed by atoms with Crippen LogP contribution in [0, 0.1) is 0 Å². The van der Waals surface area contributed by atoms with Gasteiger partial charge >= 0.3 is 0 Å². The van der Waals surface area contributed by atoms with Crippen LogP contribution in [0.3, 0.4) is 0 Å². The van der Waals surface area contributed by atoms with Gasteiger partial charge in [-0.1, -0.05) is 18.2 Å². The molecule has 0 radical (unpaired) electrons. The first-order valence-corrected chi connectivity index (χ1v) is 7.55. The average Bonchev–Trinajstić information content (AvgIpc) is 3.09. The van der Waals surface area contributed by atoms with Gasteiger partial charge in [-0.15, -0.1) is 0 Å². The van der Waals surface area contributed by atoms with E-state index in [2.05, 4.69) is 63.2 Å². The van der Waals surface area contributed by atoms with Gasteiger partial charge in [0.05, 0.1) is 12.3 Å². The Hall–Kier alpha value is -1.52. The summed E-state index contributed by atoms with van der Waals surface area (Å²) in [7, 11) is 0. The minimum atomic E-state index is 0.232. The van der Waals surface area contributed by atoms with E-state index in [9.17, 15) is 0 Å². The molecule has 20 heavy (non-hydrogen) atoms. The van der Waals surface area contributed by atoms with Gasteiger partial charge in [-0.3, -0.25) is 0 Å². The Morgan fingerprint density at radius 2 is 2.10 bits per heavy atom. The summed E-state index contributed by atoms with van der Waals surface area (Å²) < 4.78 is 8.81. The number of fused-ring (bicyclic) bond motifs is 1. The Morgan fingerprint density at radius 1 is 1.25 bits per heavy atom. The van der Waals surface area contributed by atoms with Gasteiger partial charge in [0.15, 0.2) is 0 Å². The van der Waals surface area contributed by atoms with E-state index in [0.29, 0.717) is 0 Å². The van der Waals surface area contributed by atoms with Crippen LogP contribution < -0.4 is 5.32 Å². The summed E-state index contributed by atoms with van der Waals surface area (Å²) in [6, 6.07) is 12.6. The lowest BCUT2D eigenvalue weighted by Crippen LogP contribution is -2.22. The molecule has 0 aliphatic carbocycles. The Morgan fingerprint density at radius 3 is 2.90 bits per heavy atom. The van der Waals surface area contributed by atoms with Crippen LogP contribution in [0.2, 0.25) is 0 Å². The average molecular weight is 333 g/mol. The number of hydrogen-bond donors (Lipinski definition) is 1. The van der Waals surface area contributed by atoms with E-state index in [0.717, 1.165) is 23.3 Å². The molecule has 0 bridgehead atoms. The number of hydrogen-bond acceptors (Lipinski definition) is 2. The van der Waals surface area contributed by atoms with Crippen molar-refractivity contribution in [2.24, 2.45) is 0 Å². The van der Waals surface area contributed by atoms with Gasteiger partial charge in [0.2, 0.25) is 0 Å². The van der Waals surface area contributed by atoms with E-state index in [1.165, 1.54) is 10.9 Å². The van der Waals surface area contributed by atoms with Crippen LogP contribution in [0.15, 0.2) is 57.7 Å². The highest BCUT2D eigenvalue weighted by Gasteiger charge is 2.08. The quantitative estimate of drug-likeness (QED) is 0.752. The number of aromatic nitrogens is 1. The molecule has 1 aromatic carbocycles. The molecule has 1 atom stereocenters. The van der Waals surface area contributed by atoms with Crippen molar-refractivity contribution in [3.63, 3.8) is 0 Å². The zero-order valence-electron chi connectivity index (χ0n) is 11.3. The molecule has 2 aromatic heterocycles. The normalized spacial score (nSPS) is 12.9. The predicted octanol–water partition coefficient (Wildman–Crippen LogP) is 4.35. The third-order valence-electron chi connectivity index (χ3n) is 3.51. The van der Waals surface area contributed by atoms with Crippen LogP contribution in [0.1, 0.15) is 18.7 Å². The molecule has 2 heterocycles. The second-order valence-electron chi connectivity index (χ2n) is 4.88. The number of nitrogens with one attached hydrogen (secondary N) is 1. The Balaban J connectivity index is 1.66. The molecule has 0 saturated carbocycles. The summed E-state index contributed by atoms with van der Waals surface area (Å²) in [6.07, 6.45) is 3.86. The smallest absolute Gasteiger partial charge is 0.120 e. The second-order valence-corrected chi connectivity index (χ2v) is 5.73. The third kappa shape index (κ3) is 2.67. The van der Waals surface area contributed by atoms with Crippen molar-refractivity contribution >= 4 is 26.8 Å². The van der Waals surface area contributed by atoms with Gasteiger partial charge in [0.1, 0.15) is 5.76 Å². The fourth-order valence-corrected chi connectivity index (χ4v) is 3.01. The second kappa shape index (κ2) is 5.85. The molecule has 0 fully saturated rings. The molecule has 4 heteroatoms. The number of para-hydroxylation sites is 1. The lowest BCUT2D eigenvalue weighted by Gasteiger charge is -2.12. The van der Waals surface area contributed by atoms with E-state index in [4.69, 9.17) is 4.42 Å². The molecule has 0 aliphatic rings. The molecule has 1 N–H and O–H groups in total. The van der Waals surface area contributed by atoms with Crippen molar-refractivity contribution < 1.29 is 4.42 Å². The highest BCUT2D eigenvalue weighted by molar-refractivity contribution is 9.10. The zero-order valence-corrected chi connectivity index (χ0v) is 12.9. The summed E-state index contributed by atoms with van der Waals surface area (Å²) in [5.74, 6) is 0.976. The van der Waals surface area contributed by atoms with Crippen molar-refractivity contribution in [2.75, 3.05) is 6.54 Å². The Bertz CT molecular complexity index is 688.